The molecule has 1 radical (unpaired) electrons. The van der Waals surface area contributed by atoms with Crippen molar-refractivity contribution in [1.29, 1.82) is 0 Å². The van der Waals surface area contributed by atoms with Gasteiger partial charge < -0.3 is 0 Å². The van der Waals surface area contributed by atoms with Gasteiger partial charge in [0.15, 0.2) is 0 Å². The number of nitro groups is 1. The molecule has 0 aromatic heterocycles. The molecule has 0 amide bonds. The topological polar surface area (TPSA) is 69.6 Å². The lowest BCUT2D eigenvalue weighted by Crippen LogP contribution is -2.06. The van der Waals surface area contributed by atoms with Crippen LogP contribution >= 0.6 is 0 Å². The number of hydrogen-bond donors (Lipinski definition) is 0. The third kappa shape index (κ3) is 0.854. The average Bonchev–Trinajstić information content (AvgIpc) is 2.11. The molecule has 0 bridgehead atoms. The number of nitrogens with zero attached hydrogens (tertiary/aromatic N) is 3. The number of hydrogen-bond acceptors (Lipinski definition) is 3. The summed E-state index contributed by atoms with van der Waals surface area (Å²) in [5.41, 5.74) is 4.33. The highest BCUT2D eigenvalue weighted by atomic mass is 16.6. The Bertz CT molecular complexity index is 241. The van der Waals surface area contributed by atoms with Crippen molar-refractivity contribution in [3.8, 4) is 0 Å². The van der Waals surface area contributed by atoms with Crippen LogP contribution in [0.4, 0.5) is 0 Å². The Morgan fingerprint density at radius 1 is 1.50 bits per heavy atom. The van der Waals surface area contributed by atoms with Crippen molar-refractivity contribution in [2.75, 3.05) is 0 Å². The van der Waals surface area contributed by atoms with Crippen molar-refractivity contribution in [3.05, 3.63) is 21.5 Å². The zero-order valence-electron chi connectivity index (χ0n) is 5.66. The van der Waals surface area contributed by atoms with E-state index in [4.69, 9.17) is 0 Å². The quantitative estimate of drug-likeness (QED) is 0.392. The first-order chi connectivity index (χ1) is 4.63. The van der Waals surface area contributed by atoms with Crippen molar-refractivity contribution in [1.82, 2.24) is 5.43 Å². The van der Waals surface area contributed by atoms with Crippen LogP contribution in [-0.2, 0) is 0 Å². The third-order valence-electron chi connectivity index (χ3n) is 1.22. The van der Waals surface area contributed by atoms with E-state index in [9.17, 15) is 10.1 Å². The highest BCUT2D eigenvalue weighted by Crippen LogP contribution is 2.11. The summed E-state index contributed by atoms with van der Waals surface area (Å²) in [6.45, 7) is 3.14. The zero-order valence-corrected chi connectivity index (χ0v) is 5.66. The Kier molecular flexibility index (Phi) is 1.41. The van der Waals surface area contributed by atoms with Crippen LogP contribution < -0.4 is 5.43 Å². The molecule has 10 heavy (non-hydrogen) atoms. The van der Waals surface area contributed by atoms with Crippen molar-refractivity contribution < 1.29 is 4.92 Å². The average molecular weight is 140 g/mol. The van der Waals surface area contributed by atoms with Gasteiger partial charge in [0.25, 0.3) is 0 Å². The van der Waals surface area contributed by atoms with Gasteiger partial charge in [-0.05, 0) is 13.8 Å². The Hall–Kier alpha value is -1.39. The summed E-state index contributed by atoms with van der Waals surface area (Å²) in [5, 5.41) is 13.8. The first-order valence-electron chi connectivity index (χ1n) is 2.74. The van der Waals surface area contributed by atoms with Gasteiger partial charge in [-0.15, -0.1) is 10.5 Å². The van der Waals surface area contributed by atoms with Crippen LogP contribution in [0, 0.1) is 10.1 Å². The molecule has 0 atom stereocenters. The molecule has 0 saturated carbocycles. The number of allylic oxidation sites excluding steroid dienone is 2. The monoisotopic (exact) mass is 140 g/mol. The molecule has 0 N–H and O–H groups in total. The molecule has 5 nitrogen and oxygen atoms in total. The SMILES string of the molecule is CC1=N[N]C(C)=C1[N+](=O)[O-]. The predicted molar refractivity (Wildman–Crippen MR) is 34.9 cm³/mol. The molecule has 0 spiro atoms. The molecule has 1 heterocycles. The summed E-state index contributed by atoms with van der Waals surface area (Å²) < 4.78 is 0. The first kappa shape index (κ1) is 6.73. The molecule has 0 aromatic carbocycles. The predicted octanol–water partition coefficient (Wildman–Crippen LogP) is 0.488. The van der Waals surface area contributed by atoms with Gasteiger partial charge in [-0.2, -0.15) is 0 Å². The fraction of sp³-hybridized carbons (Fsp3) is 0.400. The van der Waals surface area contributed by atoms with Crippen molar-refractivity contribution in [2.24, 2.45) is 5.10 Å². The second-order valence-electron chi connectivity index (χ2n) is 1.98. The first-order valence-corrected chi connectivity index (χ1v) is 2.74. The van der Waals surface area contributed by atoms with Crippen LogP contribution in [0.5, 0.6) is 0 Å². The van der Waals surface area contributed by atoms with E-state index in [1.165, 1.54) is 0 Å². The second kappa shape index (κ2) is 2.09. The van der Waals surface area contributed by atoms with E-state index in [1.54, 1.807) is 13.8 Å². The molecule has 1 aliphatic rings. The third-order valence-corrected chi connectivity index (χ3v) is 1.22. The minimum Gasteiger partial charge on any atom is -0.258 e. The second-order valence-corrected chi connectivity index (χ2v) is 1.98. The minimum absolute atomic E-state index is 0.0278. The normalized spacial score (nSPS) is 16.8. The van der Waals surface area contributed by atoms with Crippen LogP contribution in [0.15, 0.2) is 16.5 Å². The Morgan fingerprint density at radius 3 is 2.30 bits per heavy atom. The minimum atomic E-state index is -0.468. The lowest BCUT2D eigenvalue weighted by atomic mass is 10.3. The van der Waals surface area contributed by atoms with Crippen LogP contribution in [0.25, 0.3) is 0 Å². The zero-order chi connectivity index (χ0) is 7.72. The van der Waals surface area contributed by atoms with E-state index in [1.807, 2.05) is 0 Å². The van der Waals surface area contributed by atoms with Gasteiger partial charge in [0, 0.05) is 0 Å². The summed E-state index contributed by atoms with van der Waals surface area (Å²) >= 11 is 0. The Labute approximate surface area is 57.6 Å². The van der Waals surface area contributed by atoms with Gasteiger partial charge in [0.1, 0.15) is 11.4 Å². The van der Waals surface area contributed by atoms with Crippen LogP contribution in [0.1, 0.15) is 13.8 Å². The van der Waals surface area contributed by atoms with Crippen LogP contribution in [-0.4, -0.2) is 10.6 Å². The van der Waals surface area contributed by atoms with E-state index >= 15 is 0 Å². The summed E-state index contributed by atoms with van der Waals surface area (Å²) in [5.74, 6) is 0. The molecule has 0 fully saturated rings. The number of rotatable bonds is 1. The highest BCUT2D eigenvalue weighted by Gasteiger charge is 2.25. The van der Waals surface area contributed by atoms with E-state index in [-0.39, 0.29) is 5.70 Å². The molecule has 53 valence electrons. The summed E-state index contributed by atoms with van der Waals surface area (Å²) in [4.78, 5) is 9.76. The molecule has 0 aliphatic carbocycles. The Morgan fingerprint density at radius 2 is 2.10 bits per heavy atom. The molecular formula is C5H6N3O2. The van der Waals surface area contributed by atoms with E-state index in [0.29, 0.717) is 11.4 Å². The summed E-state index contributed by atoms with van der Waals surface area (Å²) in [6.07, 6.45) is 0. The molecule has 1 rings (SSSR count). The maximum absolute atomic E-state index is 10.2. The molecule has 0 saturated heterocycles. The maximum Gasteiger partial charge on any atom is 0.315 e. The fourth-order valence-corrected chi connectivity index (χ4v) is 0.771. The van der Waals surface area contributed by atoms with Gasteiger partial charge in [-0.3, -0.25) is 10.1 Å². The van der Waals surface area contributed by atoms with Crippen LogP contribution in [0.3, 0.4) is 0 Å². The van der Waals surface area contributed by atoms with Crippen molar-refractivity contribution in [2.45, 2.75) is 13.8 Å². The standard InChI is InChI=1S/C5H6N3O2/c1-3-5(8(9)10)4(2)7-6-3/h1-2H3. The Balaban J connectivity index is 3.01. The molecular weight excluding hydrogens is 134 g/mol. The molecule has 0 aromatic rings. The van der Waals surface area contributed by atoms with E-state index in [0.717, 1.165) is 0 Å². The van der Waals surface area contributed by atoms with Crippen molar-refractivity contribution in [3.63, 3.8) is 0 Å². The summed E-state index contributed by atoms with van der Waals surface area (Å²) in [6, 6.07) is 0. The lowest BCUT2D eigenvalue weighted by molar-refractivity contribution is -0.416. The molecule has 0 unspecified atom stereocenters. The molecule has 5 heteroatoms. The molecule has 1 aliphatic heterocycles. The fourth-order valence-electron chi connectivity index (χ4n) is 0.771. The lowest BCUT2D eigenvalue weighted by Gasteiger charge is -1.88. The largest absolute Gasteiger partial charge is 0.315 e. The highest BCUT2D eigenvalue weighted by molar-refractivity contribution is 5.97. The summed E-state index contributed by atoms with van der Waals surface area (Å²) in [7, 11) is 0. The van der Waals surface area contributed by atoms with Gasteiger partial charge in [-0.25, -0.2) is 0 Å². The van der Waals surface area contributed by atoms with Gasteiger partial charge in [0.2, 0.25) is 0 Å². The van der Waals surface area contributed by atoms with Crippen molar-refractivity contribution >= 4 is 5.71 Å². The van der Waals surface area contributed by atoms with E-state index < -0.39 is 4.92 Å². The van der Waals surface area contributed by atoms with Gasteiger partial charge in [-0.1, -0.05) is 0 Å². The smallest absolute Gasteiger partial charge is 0.258 e. The van der Waals surface area contributed by atoms with Gasteiger partial charge >= 0.3 is 5.70 Å². The van der Waals surface area contributed by atoms with Gasteiger partial charge in [0.05, 0.1) is 4.92 Å². The van der Waals surface area contributed by atoms with Crippen LogP contribution in [0.2, 0.25) is 0 Å². The van der Waals surface area contributed by atoms with E-state index in [2.05, 4.69) is 10.5 Å². The maximum atomic E-state index is 10.2.